The molecule has 0 amide bonds. The third kappa shape index (κ3) is 4.29. The number of nitrogens with one attached hydrogen (secondary N) is 2. The van der Waals surface area contributed by atoms with Crippen molar-refractivity contribution in [1.82, 2.24) is 20.2 Å². The van der Waals surface area contributed by atoms with Crippen LogP contribution in [0.1, 0.15) is 30.3 Å². The first-order valence-electron chi connectivity index (χ1n) is 10.2. The maximum absolute atomic E-state index is 13.5. The van der Waals surface area contributed by atoms with E-state index in [1.807, 2.05) is 22.9 Å². The SMILES string of the molecule is C=CC[NH+]1CC[NH+]([C@H](c2ccc(F)cc2)c2nnnn2C[C@@H]2CCCO2)CC1. The van der Waals surface area contributed by atoms with Gasteiger partial charge in [-0.1, -0.05) is 6.58 Å². The molecule has 8 heteroatoms. The van der Waals surface area contributed by atoms with E-state index in [2.05, 4.69) is 22.1 Å². The Labute approximate surface area is 164 Å². The van der Waals surface area contributed by atoms with E-state index in [1.165, 1.54) is 17.0 Å². The fourth-order valence-electron chi connectivity index (χ4n) is 4.37. The summed E-state index contributed by atoms with van der Waals surface area (Å²) in [6, 6.07) is 6.76. The smallest absolute Gasteiger partial charge is 0.214 e. The molecule has 2 fully saturated rings. The molecular formula is C20H29FN6O+2. The molecule has 1 aromatic carbocycles. The molecule has 0 spiro atoms. The molecule has 4 rings (SSSR count). The van der Waals surface area contributed by atoms with E-state index in [9.17, 15) is 4.39 Å². The average molecular weight is 388 g/mol. The topological polar surface area (TPSA) is 61.7 Å². The van der Waals surface area contributed by atoms with Crippen molar-refractivity contribution < 1.29 is 18.9 Å². The maximum atomic E-state index is 13.5. The molecule has 2 aromatic rings. The number of benzene rings is 1. The molecular weight excluding hydrogens is 359 g/mol. The average Bonchev–Trinajstić information content (AvgIpc) is 3.38. The summed E-state index contributed by atoms with van der Waals surface area (Å²) < 4.78 is 21.2. The Hall–Kier alpha value is -2.16. The maximum Gasteiger partial charge on any atom is 0.214 e. The lowest BCUT2D eigenvalue weighted by Gasteiger charge is -2.34. The lowest BCUT2D eigenvalue weighted by molar-refractivity contribution is -1.02. The van der Waals surface area contributed by atoms with Gasteiger partial charge < -0.3 is 14.5 Å². The number of ether oxygens (including phenoxy) is 1. The molecule has 2 aliphatic rings. The molecule has 2 N–H and O–H groups in total. The van der Waals surface area contributed by atoms with Crippen molar-refractivity contribution in [2.24, 2.45) is 0 Å². The Morgan fingerprint density at radius 2 is 2.04 bits per heavy atom. The van der Waals surface area contributed by atoms with Gasteiger partial charge in [0.05, 0.1) is 19.2 Å². The molecule has 150 valence electrons. The number of aromatic nitrogens is 4. The van der Waals surface area contributed by atoms with Crippen LogP contribution in [0.5, 0.6) is 0 Å². The second-order valence-corrected chi connectivity index (χ2v) is 7.74. The first-order chi connectivity index (χ1) is 13.7. The van der Waals surface area contributed by atoms with Gasteiger partial charge in [0.2, 0.25) is 5.82 Å². The quantitative estimate of drug-likeness (QED) is 0.601. The lowest BCUT2D eigenvalue weighted by atomic mass is 10.0. The van der Waals surface area contributed by atoms with Crippen molar-refractivity contribution >= 4 is 0 Å². The van der Waals surface area contributed by atoms with Gasteiger partial charge in [-0.15, -0.1) is 5.10 Å². The Bertz CT molecular complexity index is 765. The molecule has 0 radical (unpaired) electrons. The summed E-state index contributed by atoms with van der Waals surface area (Å²) in [5.74, 6) is 0.612. The second kappa shape index (κ2) is 8.89. The minimum absolute atomic E-state index is 0.0118. The number of hydrogen-bond donors (Lipinski definition) is 2. The van der Waals surface area contributed by atoms with Gasteiger partial charge in [0.15, 0.2) is 6.04 Å². The molecule has 3 heterocycles. The van der Waals surface area contributed by atoms with Gasteiger partial charge in [0.25, 0.3) is 0 Å². The zero-order chi connectivity index (χ0) is 19.3. The number of tetrazole rings is 1. The number of hydrogen-bond acceptors (Lipinski definition) is 4. The van der Waals surface area contributed by atoms with Crippen LogP contribution >= 0.6 is 0 Å². The van der Waals surface area contributed by atoms with Crippen LogP contribution in [0.15, 0.2) is 36.9 Å². The standard InChI is InChI=1S/C20H27FN6O/c1-2-9-25-10-12-26(13-11-25)19(16-5-7-17(21)8-6-16)20-22-23-24-27(20)15-18-4-3-14-28-18/h2,5-8,18-19H,1,3-4,9-15H2/p+2/t18-,19+/m0/s1. The minimum Gasteiger partial charge on any atom is -0.376 e. The van der Waals surface area contributed by atoms with Gasteiger partial charge in [-0.3, -0.25) is 0 Å². The summed E-state index contributed by atoms with van der Waals surface area (Å²) in [6.07, 6.45) is 4.28. The molecule has 2 aliphatic heterocycles. The highest BCUT2D eigenvalue weighted by atomic mass is 19.1. The predicted octanol–water partition coefficient (Wildman–Crippen LogP) is -0.950. The highest BCUT2D eigenvalue weighted by Gasteiger charge is 2.35. The van der Waals surface area contributed by atoms with Gasteiger partial charge in [0, 0.05) is 12.2 Å². The largest absolute Gasteiger partial charge is 0.376 e. The molecule has 1 aromatic heterocycles. The van der Waals surface area contributed by atoms with Crippen LogP contribution in [0.2, 0.25) is 0 Å². The lowest BCUT2D eigenvalue weighted by Crippen LogP contribution is -3.28. The fraction of sp³-hybridized carbons (Fsp3) is 0.550. The first-order valence-corrected chi connectivity index (χ1v) is 10.2. The Morgan fingerprint density at radius 1 is 1.25 bits per heavy atom. The molecule has 2 saturated heterocycles. The minimum atomic E-state index is -0.225. The van der Waals surface area contributed by atoms with Crippen LogP contribution in [0.3, 0.4) is 0 Å². The van der Waals surface area contributed by atoms with Crippen LogP contribution < -0.4 is 9.80 Å². The molecule has 7 nitrogen and oxygen atoms in total. The van der Waals surface area contributed by atoms with Crippen LogP contribution in [-0.4, -0.2) is 65.6 Å². The van der Waals surface area contributed by atoms with E-state index in [4.69, 9.17) is 4.74 Å². The van der Waals surface area contributed by atoms with Crippen molar-refractivity contribution in [3.8, 4) is 0 Å². The Kier molecular flexibility index (Phi) is 6.09. The number of quaternary nitrogens is 2. The highest BCUT2D eigenvalue weighted by Crippen LogP contribution is 2.20. The zero-order valence-corrected chi connectivity index (χ0v) is 16.2. The van der Waals surface area contributed by atoms with Gasteiger partial charge in [-0.2, -0.15) is 0 Å². The van der Waals surface area contributed by atoms with Crippen LogP contribution in [0, 0.1) is 5.82 Å². The van der Waals surface area contributed by atoms with E-state index in [1.54, 1.807) is 4.90 Å². The van der Waals surface area contributed by atoms with Gasteiger partial charge in [-0.05, 0) is 53.6 Å². The second-order valence-electron chi connectivity index (χ2n) is 7.74. The van der Waals surface area contributed by atoms with Crippen molar-refractivity contribution in [2.75, 3.05) is 39.3 Å². The van der Waals surface area contributed by atoms with Gasteiger partial charge in [-0.25, -0.2) is 9.07 Å². The van der Waals surface area contributed by atoms with Crippen molar-refractivity contribution in [1.29, 1.82) is 0 Å². The van der Waals surface area contributed by atoms with Gasteiger partial charge in [0.1, 0.15) is 32.0 Å². The van der Waals surface area contributed by atoms with Gasteiger partial charge >= 0.3 is 0 Å². The molecule has 28 heavy (non-hydrogen) atoms. The van der Waals surface area contributed by atoms with Crippen molar-refractivity contribution in [3.05, 3.63) is 54.1 Å². The molecule has 0 unspecified atom stereocenters. The Balaban J connectivity index is 1.60. The number of rotatable bonds is 7. The Morgan fingerprint density at radius 3 is 2.71 bits per heavy atom. The fourth-order valence-corrected chi connectivity index (χ4v) is 4.37. The number of halogens is 1. The molecule has 0 bridgehead atoms. The summed E-state index contributed by atoms with van der Waals surface area (Å²) >= 11 is 0. The van der Waals surface area contributed by atoms with E-state index >= 15 is 0 Å². The molecule has 2 atom stereocenters. The van der Waals surface area contributed by atoms with E-state index in [-0.39, 0.29) is 18.0 Å². The normalized spacial score (nSPS) is 26.2. The van der Waals surface area contributed by atoms with Crippen molar-refractivity contribution in [2.45, 2.75) is 31.5 Å². The first kappa shape index (κ1) is 19.2. The summed E-state index contributed by atoms with van der Waals surface area (Å²) in [7, 11) is 0. The third-order valence-electron chi connectivity index (χ3n) is 5.86. The molecule has 0 saturated carbocycles. The number of nitrogens with zero attached hydrogens (tertiary/aromatic N) is 4. The molecule has 0 aliphatic carbocycles. The monoisotopic (exact) mass is 388 g/mol. The van der Waals surface area contributed by atoms with Crippen LogP contribution in [0.25, 0.3) is 0 Å². The predicted molar refractivity (Wildman–Crippen MR) is 101 cm³/mol. The van der Waals surface area contributed by atoms with Crippen molar-refractivity contribution in [3.63, 3.8) is 0 Å². The summed E-state index contributed by atoms with van der Waals surface area (Å²) in [4.78, 5) is 2.97. The summed E-state index contributed by atoms with van der Waals surface area (Å²) in [6.45, 7) is 10.5. The van der Waals surface area contributed by atoms with Crippen LogP contribution in [0.4, 0.5) is 4.39 Å². The highest BCUT2D eigenvalue weighted by molar-refractivity contribution is 5.23. The summed E-state index contributed by atoms with van der Waals surface area (Å²) in [5.41, 5.74) is 1.05. The van der Waals surface area contributed by atoms with E-state index in [0.717, 1.165) is 63.6 Å². The summed E-state index contributed by atoms with van der Waals surface area (Å²) in [5, 5.41) is 12.6. The number of piperazine rings is 1. The van der Waals surface area contributed by atoms with Crippen LogP contribution in [-0.2, 0) is 11.3 Å². The van der Waals surface area contributed by atoms with E-state index < -0.39 is 0 Å². The van der Waals surface area contributed by atoms with E-state index in [0.29, 0.717) is 6.54 Å². The zero-order valence-electron chi connectivity index (χ0n) is 16.2. The third-order valence-corrected chi connectivity index (χ3v) is 5.86.